The standard InChI is InChI=1S/C38H48F2N8O4S/c1-5-29-31(40)9-8-25-16-28(49)18-33(35(25)29)44-15-10-30-32(22-44)41-37(52-23-38-11-6-13-46(38)20-26(39)19-38)42-36(30)45-12-7-14-47-27(21-45)17-34(43-47)48(24(2)3)53(4,50)51/h8-9,16-18,24,26,49H,5-7,10-15,19-23H2,1-4H3/t26-,38+/m1/s1. The molecular weight excluding hydrogens is 703 g/mol. The van der Waals surface area contributed by atoms with Crippen LogP contribution in [0.1, 0.15) is 69.0 Å². The lowest BCUT2D eigenvalue weighted by Crippen LogP contribution is -2.43. The van der Waals surface area contributed by atoms with Gasteiger partial charge in [0.05, 0.1) is 36.3 Å². The van der Waals surface area contributed by atoms with Gasteiger partial charge in [0.25, 0.3) is 0 Å². The number of phenolic OH excluding ortho intramolecular Hbond substituents is 1. The lowest BCUT2D eigenvalue weighted by Gasteiger charge is -2.35. The monoisotopic (exact) mass is 750 g/mol. The molecule has 0 saturated carbocycles. The summed E-state index contributed by atoms with van der Waals surface area (Å²) >= 11 is 0. The first-order valence-corrected chi connectivity index (χ1v) is 20.6. The number of aromatic nitrogens is 4. The second kappa shape index (κ2) is 13.6. The van der Waals surface area contributed by atoms with Gasteiger partial charge in [-0.3, -0.25) is 9.58 Å². The lowest BCUT2D eigenvalue weighted by molar-refractivity contribution is 0.107. The maximum atomic E-state index is 15.1. The molecule has 2 saturated heterocycles. The average molecular weight is 751 g/mol. The number of hydrogen-bond donors (Lipinski definition) is 1. The Morgan fingerprint density at radius 2 is 1.91 bits per heavy atom. The third kappa shape index (κ3) is 6.53. The Labute approximate surface area is 309 Å². The van der Waals surface area contributed by atoms with Gasteiger partial charge < -0.3 is 19.6 Å². The van der Waals surface area contributed by atoms with Gasteiger partial charge in [-0.25, -0.2) is 21.5 Å². The van der Waals surface area contributed by atoms with Crippen LogP contribution in [0.3, 0.4) is 0 Å². The Kier molecular flexibility index (Phi) is 9.15. The van der Waals surface area contributed by atoms with Crippen LogP contribution in [0.25, 0.3) is 10.8 Å². The van der Waals surface area contributed by atoms with Gasteiger partial charge in [-0.2, -0.15) is 15.1 Å². The van der Waals surface area contributed by atoms with Crippen molar-refractivity contribution in [3.8, 4) is 11.8 Å². The first kappa shape index (κ1) is 35.8. The number of aryl methyl sites for hydroxylation is 2. The summed E-state index contributed by atoms with van der Waals surface area (Å²) in [6, 6.07) is 8.32. The Hall–Kier alpha value is -4.24. The number of phenols is 1. The van der Waals surface area contributed by atoms with Crippen LogP contribution in [0, 0.1) is 5.82 Å². The van der Waals surface area contributed by atoms with Crippen molar-refractivity contribution in [3.63, 3.8) is 0 Å². The van der Waals surface area contributed by atoms with E-state index in [4.69, 9.17) is 19.8 Å². The van der Waals surface area contributed by atoms with Crippen LogP contribution >= 0.6 is 0 Å². The second-order valence-electron chi connectivity index (χ2n) is 15.4. The summed E-state index contributed by atoms with van der Waals surface area (Å²) in [5.74, 6) is 0.980. The molecule has 4 aromatic rings. The molecule has 0 radical (unpaired) electrons. The number of aromatic hydroxyl groups is 1. The van der Waals surface area contributed by atoms with Crippen LogP contribution < -0.4 is 18.8 Å². The molecule has 0 bridgehead atoms. The maximum absolute atomic E-state index is 15.1. The summed E-state index contributed by atoms with van der Waals surface area (Å²) in [7, 11) is -3.55. The summed E-state index contributed by atoms with van der Waals surface area (Å²) < 4.78 is 65.0. The molecule has 2 atom stereocenters. The minimum absolute atomic E-state index is 0.106. The second-order valence-corrected chi connectivity index (χ2v) is 17.2. The van der Waals surface area contributed by atoms with Gasteiger partial charge in [0.2, 0.25) is 10.0 Å². The van der Waals surface area contributed by atoms with E-state index >= 15 is 4.39 Å². The Balaban J connectivity index is 1.17. The summed E-state index contributed by atoms with van der Waals surface area (Å²) in [5, 5.41) is 17.0. The van der Waals surface area contributed by atoms with E-state index in [1.807, 2.05) is 31.5 Å². The number of sulfonamides is 1. The van der Waals surface area contributed by atoms with Crippen LogP contribution in [0.4, 0.5) is 26.1 Å². The Morgan fingerprint density at radius 1 is 1.08 bits per heavy atom. The van der Waals surface area contributed by atoms with Crippen molar-refractivity contribution in [2.45, 2.75) is 96.7 Å². The van der Waals surface area contributed by atoms with Gasteiger partial charge in [0.1, 0.15) is 30.2 Å². The van der Waals surface area contributed by atoms with Gasteiger partial charge >= 0.3 is 6.01 Å². The molecule has 284 valence electrons. The summed E-state index contributed by atoms with van der Waals surface area (Å²) in [6.07, 6.45) is 4.45. The number of anilines is 3. The van der Waals surface area contributed by atoms with Crippen LogP contribution in [-0.4, -0.2) is 95.0 Å². The number of hydrogen-bond acceptors (Lipinski definition) is 10. The molecule has 4 aliphatic heterocycles. The summed E-state index contributed by atoms with van der Waals surface area (Å²) in [6.45, 7) is 9.89. The van der Waals surface area contributed by atoms with Crippen LogP contribution in [0.5, 0.6) is 11.8 Å². The fraction of sp³-hybridized carbons (Fsp3) is 0.553. The highest BCUT2D eigenvalue weighted by atomic mass is 32.2. The molecular formula is C38H48F2N8O4S. The number of alkyl halides is 1. The van der Waals surface area contributed by atoms with Crippen LogP contribution in [0.2, 0.25) is 0 Å². The van der Waals surface area contributed by atoms with Gasteiger partial charge in [-0.1, -0.05) is 13.0 Å². The normalized spacial score (nSPS) is 21.9. The Morgan fingerprint density at radius 3 is 2.68 bits per heavy atom. The fourth-order valence-corrected chi connectivity index (χ4v) is 10.4. The predicted molar refractivity (Wildman–Crippen MR) is 201 cm³/mol. The highest BCUT2D eigenvalue weighted by molar-refractivity contribution is 7.92. The maximum Gasteiger partial charge on any atom is 0.318 e. The van der Waals surface area contributed by atoms with Gasteiger partial charge in [0.15, 0.2) is 5.82 Å². The van der Waals surface area contributed by atoms with Crippen molar-refractivity contribution >= 4 is 38.1 Å². The lowest BCUT2D eigenvalue weighted by atomic mass is 9.95. The number of rotatable bonds is 9. The number of fused-ring (bicyclic) bond motifs is 4. The van der Waals surface area contributed by atoms with E-state index in [1.54, 1.807) is 18.2 Å². The van der Waals surface area contributed by atoms with E-state index in [0.717, 1.165) is 65.0 Å². The van der Waals surface area contributed by atoms with E-state index in [-0.39, 0.29) is 29.2 Å². The molecule has 0 aliphatic carbocycles. The fourth-order valence-electron chi connectivity index (χ4n) is 9.19. The molecule has 2 aromatic heterocycles. The van der Waals surface area contributed by atoms with E-state index in [2.05, 4.69) is 14.7 Å². The predicted octanol–water partition coefficient (Wildman–Crippen LogP) is 5.34. The topological polar surface area (TPSA) is 120 Å². The molecule has 0 spiro atoms. The smallest absolute Gasteiger partial charge is 0.318 e. The number of halogens is 2. The first-order valence-electron chi connectivity index (χ1n) is 18.8. The molecule has 53 heavy (non-hydrogen) atoms. The number of nitrogens with zero attached hydrogens (tertiary/aromatic N) is 8. The zero-order valence-corrected chi connectivity index (χ0v) is 31.7. The molecule has 12 nitrogen and oxygen atoms in total. The zero-order valence-electron chi connectivity index (χ0n) is 30.9. The zero-order chi connectivity index (χ0) is 37.2. The van der Waals surface area contributed by atoms with E-state index in [1.165, 1.54) is 16.6 Å². The van der Waals surface area contributed by atoms with Crippen molar-refractivity contribution in [2.75, 3.05) is 53.1 Å². The number of ether oxygens (including phenoxy) is 1. The molecule has 2 fully saturated rings. The van der Waals surface area contributed by atoms with Gasteiger partial charge in [-0.15, -0.1) is 0 Å². The third-order valence-electron chi connectivity index (χ3n) is 11.4. The van der Waals surface area contributed by atoms with E-state index in [0.29, 0.717) is 76.5 Å². The van der Waals surface area contributed by atoms with Gasteiger partial charge in [-0.05, 0) is 75.6 Å². The SMILES string of the molecule is CCc1c(F)ccc2cc(O)cc(N3CCc4c(nc(OC[C@@]56CCCN5C[C@H](F)C6)nc4N4CCCn5nc(N(C(C)C)S(C)(=O)=O)cc5C4)C3)c12. The average Bonchev–Trinajstić information content (AvgIpc) is 3.72. The van der Waals surface area contributed by atoms with Gasteiger partial charge in [0, 0.05) is 67.4 Å². The van der Waals surface area contributed by atoms with Crippen molar-refractivity contribution in [1.29, 1.82) is 0 Å². The largest absolute Gasteiger partial charge is 0.508 e. The van der Waals surface area contributed by atoms with Crippen molar-refractivity contribution in [2.24, 2.45) is 0 Å². The minimum atomic E-state index is -3.55. The van der Waals surface area contributed by atoms with Crippen molar-refractivity contribution < 1.29 is 27.0 Å². The van der Waals surface area contributed by atoms with Crippen LogP contribution in [0.15, 0.2) is 30.3 Å². The molecule has 8 rings (SSSR count). The molecule has 6 heterocycles. The quantitative estimate of drug-likeness (QED) is 0.240. The first-order chi connectivity index (χ1) is 25.3. The Bertz CT molecular complexity index is 2160. The molecule has 2 aromatic carbocycles. The van der Waals surface area contributed by atoms with Crippen LogP contribution in [-0.2, 0) is 42.5 Å². The number of benzene rings is 2. The van der Waals surface area contributed by atoms with E-state index in [9.17, 15) is 17.9 Å². The van der Waals surface area contributed by atoms with Crippen molar-refractivity contribution in [3.05, 3.63) is 58.7 Å². The highest BCUT2D eigenvalue weighted by Gasteiger charge is 2.49. The molecule has 15 heteroatoms. The highest BCUT2D eigenvalue weighted by Crippen LogP contribution is 2.42. The minimum Gasteiger partial charge on any atom is -0.508 e. The third-order valence-corrected chi connectivity index (χ3v) is 12.8. The molecule has 0 amide bonds. The molecule has 4 aliphatic rings. The molecule has 0 unspecified atom stereocenters. The summed E-state index contributed by atoms with van der Waals surface area (Å²) in [4.78, 5) is 16.6. The van der Waals surface area contributed by atoms with Crippen molar-refractivity contribution in [1.82, 2.24) is 24.6 Å². The molecule has 1 N–H and O–H groups in total. The summed E-state index contributed by atoms with van der Waals surface area (Å²) in [5.41, 5.74) is 3.61. The van der Waals surface area contributed by atoms with E-state index < -0.39 is 16.2 Å².